The molecule has 0 unspecified atom stereocenters. The van der Waals surface area contributed by atoms with E-state index in [1.165, 1.54) is 6.07 Å². The van der Waals surface area contributed by atoms with Gasteiger partial charge in [-0.05, 0) is 54.3 Å². The van der Waals surface area contributed by atoms with Crippen molar-refractivity contribution in [2.45, 2.75) is 18.9 Å². The van der Waals surface area contributed by atoms with Gasteiger partial charge >= 0.3 is 5.97 Å². The highest BCUT2D eigenvalue weighted by Gasteiger charge is 2.23. The van der Waals surface area contributed by atoms with Gasteiger partial charge in [-0.3, -0.25) is 0 Å². The summed E-state index contributed by atoms with van der Waals surface area (Å²) in [6.45, 7) is 0. The smallest absolute Gasteiger partial charge is 0.335 e. The fraction of sp³-hybridized carbons (Fsp3) is 0.188. The van der Waals surface area contributed by atoms with Crippen LogP contribution in [-0.4, -0.2) is 17.2 Å². The summed E-state index contributed by atoms with van der Waals surface area (Å²) >= 11 is 5.98. The Morgan fingerprint density at radius 2 is 1.95 bits per heavy atom. The largest absolute Gasteiger partial charge is 0.490 e. The Hall–Kier alpha value is -2.00. The minimum atomic E-state index is -0.987. The summed E-state index contributed by atoms with van der Waals surface area (Å²) in [5, 5.41) is 9.49. The van der Waals surface area contributed by atoms with Crippen molar-refractivity contribution in [3.05, 3.63) is 53.1 Å². The second kappa shape index (κ2) is 5.17. The summed E-state index contributed by atoms with van der Waals surface area (Å²) in [6.07, 6.45) is 2.54. The monoisotopic (exact) mass is 288 g/mol. The molecule has 0 amide bonds. The van der Waals surface area contributed by atoms with Gasteiger partial charge in [0.1, 0.15) is 5.75 Å². The van der Waals surface area contributed by atoms with Gasteiger partial charge in [0, 0.05) is 5.02 Å². The van der Waals surface area contributed by atoms with Crippen LogP contribution in [0.1, 0.15) is 23.2 Å². The lowest BCUT2D eigenvalue weighted by Crippen LogP contribution is -1.97. The molecule has 1 aliphatic carbocycles. The topological polar surface area (TPSA) is 46.5 Å². The van der Waals surface area contributed by atoms with Gasteiger partial charge in [0.2, 0.25) is 0 Å². The summed E-state index contributed by atoms with van der Waals surface area (Å²) < 4.78 is 5.75. The van der Waals surface area contributed by atoms with E-state index in [4.69, 9.17) is 21.4 Å². The number of aromatic carboxylic acids is 1. The first-order chi connectivity index (χ1) is 9.61. The first-order valence-corrected chi connectivity index (χ1v) is 6.80. The summed E-state index contributed by atoms with van der Waals surface area (Å²) in [7, 11) is 0. The molecule has 0 spiro atoms. The lowest BCUT2D eigenvalue weighted by molar-refractivity contribution is 0.0697. The van der Waals surface area contributed by atoms with E-state index in [1.54, 1.807) is 12.1 Å². The van der Waals surface area contributed by atoms with Crippen LogP contribution in [0.3, 0.4) is 0 Å². The highest BCUT2D eigenvalue weighted by Crippen LogP contribution is 2.31. The fourth-order valence-corrected chi connectivity index (χ4v) is 2.24. The maximum atomic E-state index is 11.1. The van der Waals surface area contributed by atoms with E-state index in [9.17, 15) is 4.79 Å². The van der Waals surface area contributed by atoms with Crippen LogP contribution < -0.4 is 4.74 Å². The van der Waals surface area contributed by atoms with Gasteiger partial charge in [0.05, 0.1) is 11.7 Å². The SMILES string of the molecule is O=C(O)c1cc(Cl)cc(-c2cccc(OC3CC3)c2)c1. The molecule has 102 valence electrons. The third-order valence-electron chi connectivity index (χ3n) is 3.14. The molecule has 0 radical (unpaired) electrons. The number of ether oxygens (including phenoxy) is 1. The maximum absolute atomic E-state index is 11.1. The van der Waals surface area contributed by atoms with Gasteiger partial charge in [0.15, 0.2) is 0 Å². The normalized spacial score (nSPS) is 14.1. The van der Waals surface area contributed by atoms with Gasteiger partial charge in [-0.15, -0.1) is 0 Å². The molecule has 0 heterocycles. The van der Waals surface area contributed by atoms with Gasteiger partial charge < -0.3 is 9.84 Å². The Kier molecular flexibility index (Phi) is 3.36. The third kappa shape index (κ3) is 2.94. The molecule has 0 bridgehead atoms. The first-order valence-electron chi connectivity index (χ1n) is 6.43. The first kappa shape index (κ1) is 13.0. The molecule has 3 rings (SSSR count). The standard InChI is InChI=1S/C16H13ClO3/c17-13-7-11(6-12(8-13)16(18)19)10-2-1-3-15(9-10)20-14-4-5-14/h1-3,6-9,14H,4-5H2,(H,18,19). The van der Waals surface area contributed by atoms with E-state index in [2.05, 4.69) is 0 Å². The van der Waals surface area contributed by atoms with E-state index in [0.717, 1.165) is 29.7 Å². The molecule has 2 aromatic rings. The molecule has 1 N–H and O–H groups in total. The lowest BCUT2D eigenvalue weighted by Gasteiger charge is -2.08. The molecule has 0 saturated heterocycles. The molecule has 1 aliphatic rings. The summed E-state index contributed by atoms with van der Waals surface area (Å²) in [6, 6.07) is 12.4. The van der Waals surface area contributed by atoms with Gasteiger partial charge in [-0.25, -0.2) is 4.79 Å². The summed E-state index contributed by atoms with van der Waals surface area (Å²) in [5.41, 5.74) is 1.85. The molecule has 3 nitrogen and oxygen atoms in total. The number of carbonyl (C=O) groups is 1. The Labute approximate surface area is 121 Å². The second-order valence-electron chi connectivity index (χ2n) is 4.88. The van der Waals surface area contributed by atoms with Crippen LogP contribution in [-0.2, 0) is 0 Å². The average Bonchev–Trinajstić information content (AvgIpc) is 3.22. The molecule has 0 aromatic heterocycles. The number of benzene rings is 2. The van der Waals surface area contributed by atoms with Gasteiger partial charge in [-0.2, -0.15) is 0 Å². The van der Waals surface area contributed by atoms with Crippen molar-refractivity contribution in [2.24, 2.45) is 0 Å². The van der Waals surface area contributed by atoms with Crippen molar-refractivity contribution in [2.75, 3.05) is 0 Å². The van der Waals surface area contributed by atoms with Crippen LogP contribution in [0.2, 0.25) is 5.02 Å². The van der Waals surface area contributed by atoms with Crippen LogP contribution in [0.15, 0.2) is 42.5 Å². The number of hydrogen-bond acceptors (Lipinski definition) is 2. The number of hydrogen-bond donors (Lipinski definition) is 1. The highest BCUT2D eigenvalue weighted by atomic mass is 35.5. The van der Waals surface area contributed by atoms with Crippen molar-refractivity contribution < 1.29 is 14.6 Å². The average molecular weight is 289 g/mol. The predicted octanol–water partition coefficient (Wildman–Crippen LogP) is 4.25. The Bertz CT molecular complexity index is 663. The van der Waals surface area contributed by atoms with E-state index in [1.807, 2.05) is 24.3 Å². The Balaban J connectivity index is 1.96. The highest BCUT2D eigenvalue weighted by molar-refractivity contribution is 6.31. The number of rotatable bonds is 4. The number of carboxylic acids is 1. The Morgan fingerprint density at radius 1 is 1.15 bits per heavy atom. The minimum Gasteiger partial charge on any atom is -0.490 e. The van der Waals surface area contributed by atoms with Crippen LogP contribution in [0, 0.1) is 0 Å². The Morgan fingerprint density at radius 3 is 2.65 bits per heavy atom. The fourth-order valence-electron chi connectivity index (χ4n) is 2.01. The van der Waals surface area contributed by atoms with E-state index >= 15 is 0 Å². The maximum Gasteiger partial charge on any atom is 0.335 e. The minimum absolute atomic E-state index is 0.181. The summed E-state index contributed by atoms with van der Waals surface area (Å²) in [4.78, 5) is 11.1. The molecule has 4 heteroatoms. The van der Waals surface area contributed by atoms with Crippen LogP contribution >= 0.6 is 11.6 Å². The van der Waals surface area contributed by atoms with Gasteiger partial charge in [0.25, 0.3) is 0 Å². The molecule has 0 aliphatic heterocycles. The van der Waals surface area contributed by atoms with Crippen LogP contribution in [0.5, 0.6) is 5.75 Å². The molecule has 20 heavy (non-hydrogen) atoms. The molecular weight excluding hydrogens is 276 g/mol. The van der Waals surface area contributed by atoms with E-state index in [0.29, 0.717) is 11.1 Å². The second-order valence-corrected chi connectivity index (χ2v) is 5.32. The van der Waals surface area contributed by atoms with Crippen molar-refractivity contribution >= 4 is 17.6 Å². The van der Waals surface area contributed by atoms with Gasteiger partial charge in [-0.1, -0.05) is 23.7 Å². The molecule has 2 aromatic carbocycles. The zero-order chi connectivity index (χ0) is 14.1. The molecule has 0 atom stereocenters. The van der Waals surface area contributed by atoms with Crippen LogP contribution in [0.4, 0.5) is 0 Å². The third-order valence-corrected chi connectivity index (χ3v) is 3.36. The van der Waals surface area contributed by atoms with Crippen molar-refractivity contribution in [3.8, 4) is 16.9 Å². The van der Waals surface area contributed by atoms with E-state index in [-0.39, 0.29) is 5.56 Å². The quantitative estimate of drug-likeness (QED) is 0.915. The molecular formula is C16H13ClO3. The number of halogens is 1. The van der Waals surface area contributed by atoms with E-state index < -0.39 is 5.97 Å². The van der Waals surface area contributed by atoms with Crippen LogP contribution in [0.25, 0.3) is 11.1 Å². The van der Waals surface area contributed by atoms with Crippen molar-refractivity contribution in [1.82, 2.24) is 0 Å². The van der Waals surface area contributed by atoms with Crippen molar-refractivity contribution in [1.29, 1.82) is 0 Å². The zero-order valence-electron chi connectivity index (χ0n) is 10.7. The molecule has 1 saturated carbocycles. The summed E-state index contributed by atoms with van der Waals surface area (Å²) in [5.74, 6) is -0.180. The lowest BCUT2D eigenvalue weighted by atomic mass is 10.0. The van der Waals surface area contributed by atoms with Crippen molar-refractivity contribution in [3.63, 3.8) is 0 Å². The molecule has 1 fully saturated rings. The predicted molar refractivity (Wildman–Crippen MR) is 77.5 cm³/mol. The zero-order valence-corrected chi connectivity index (χ0v) is 11.4. The number of carboxylic acid groups (broad SMARTS) is 1.